The molecule has 0 unspecified atom stereocenters. The molecule has 2 amide bonds. The molecular weight excluding hydrogens is 644 g/mol. The maximum atomic E-state index is 13.9. The Balaban J connectivity index is 1.32. The highest BCUT2D eigenvalue weighted by atomic mass is 19.4. The van der Waals surface area contributed by atoms with E-state index in [4.69, 9.17) is 11.1 Å². The summed E-state index contributed by atoms with van der Waals surface area (Å²) in [4.78, 5) is 36.1. The number of piperidine rings is 1. The van der Waals surface area contributed by atoms with E-state index in [0.717, 1.165) is 31.4 Å². The van der Waals surface area contributed by atoms with Crippen LogP contribution in [0.1, 0.15) is 61.9 Å². The summed E-state index contributed by atoms with van der Waals surface area (Å²) in [7, 11) is 0. The summed E-state index contributed by atoms with van der Waals surface area (Å²) in [5, 5.41) is 15.2. The van der Waals surface area contributed by atoms with Crippen molar-refractivity contribution in [3.05, 3.63) is 47.3 Å². The zero-order valence-corrected chi connectivity index (χ0v) is 26.4. The van der Waals surface area contributed by atoms with Crippen LogP contribution in [-0.2, 0) is 28.4 Å². The van der Waals surface area contributed by atoms with E-state index in [-0.39, 0.29) is 36.5 Å². The molecule has 1 atom stereocenters. The number of aromatic nitrogens is 2. The Bertz CT molecular complexity index is 1400. The Kier molecular flexibility index (Phi) is 12.3. The van der Waals surface area contributed by atoms with Gasteiger partial charge in [-0.05, 0) is 68.6 Å². The van der Waals surface area contributed by atoms with E-state index in [1.165, 1.54) is 18.2 Å². The molecule has 0 radical (unpaired) electrons. The fraction of sp³-hybridized carbons (Fsp3) is 0.581. The van der Waals surface area contributed by atoms with Crippen LogP contribution < -0.4 is 31.5 Å². The number of amides is 2. The van der Waals surface area contributed by atoms with Gasteiger partial charge in [0, 0.05) is 51.8 Å². The number of nitrogens with zero attached hydrogens (tertiary/aromatic N) is 4. The summed E-state index contributed by atoms with van der Waals surface area (Å²) in [5.41, 5.74) is 5.04. The molecule has 2 aliphatic rings. The average Bonchev–Trinajstić information content (AvgIpc) is 3.53. The smallest absolute Gasteiger partial charge is 0.370 e. The van der Waals surface area contributed by atoms with Gasteiger partial charge in [-0.25, -0.2) is 9.97 Å². The highest BCUT2D eigenvalue weighted by Crippen LogP contribution is 2.34. The molecule has 2 fully saturated rings. The first-order chi connectivity index (χ1) is 22.7. The second kappa shape index (κ2) is 16.2. The molecule has 6 N–H and O–H groups in total. The third-order valence-corrected chi connectivity index (χ3v) is 8.51. The first-order valence-electron chi connectivity index (χ1n) is 16.0. The molecule has 0 bridgehead atoms. The molecule has 48 heavy (non-hydrogen) atoms. The topological polar surface area (TPSA) is 152 Å². The first kappa shape index (κ1) is 36.5. The summed E-state index contributed by atoms with van der Waals surface area (Å²) in [6.07, 6.45) is -4.71. The van der Waals surface area contributed by atoms with Crippen LogP contribution in [0.4, 0.5) is 38.0 Å². The summed E-state index contributed by atoms with van der Waals surface area (Å²) >= 11 is 0. The number of guanidine groups is 1. The number of nitrogens with two attached hydrogens (primary N) is 1. The molecule has 2 aromatic rings. The Morgan fingerprint density at radius 1 is 0.875 bits per heavy atom. The molecule has 0 aliphatic carbocycles. The number of alkyl halides is 6. The van der Waals surface area contributed by atoms with E-state index in [1.807, 2.05) is 0 Å². The van der Waals surface area contributed by atoms with Crippen molar-refractivity contribution >= 4 is 29.4 Å². The maximum absolute atomic E-state index is 13.9. The predicted octanol–water partition coefficient (Wildman–Crippen LogP) is 3.83. The van der Waals surface area contributed by atoms with Gasteiger partial charge in [0.25, 0.3) is 0 Å². The number of hydrogen-bond donors (Lipinski definition) is 5. The van der Waals surface area contributed by atoms with E-state index in [0.29, 0.717) is 69.9 Å². The third-order valence-electron chi connectivity index (χ3n) is 8.51. The lowest BCUT2D eigenvalue weighted by molar-refractivity contribution is -0.144. The van der Waals surface area contributed by atoms with E-state index >= 15 is 0 Å². The number of halogens is 6. The lowest BCUT2D eigenvalue weighted by Crippen LogP contribution is -2.44. The summed E-state index contributed by atoms with van der Waals surface area (Å²) in [6.45, 7) is 2.15. The molecule has 1 aromatic carbocycles. The minimum absolute atomic E-state index is 0.0133. The minimum Gasteiger partial charge on any atom is -0.370 e. The minimum atomic E-state index is -4.80. The van der Waals surface area contributed by atoms with Crippen LogP contribution in [0.3, 0.4) is 0 Å². The van der Waals surface area contributed by atoms with Crippen molar-refractivity contribution in [2.24, 2.45) is 11.7 Å². The predicted molar refractivity (Wildman–Crippen MR) is 167 cm³/mol. The molecule has 0 spiro atoms. The fourth-order valence-electron chi connectivity index (χ4n) is 5.97. The van der Waals surface area contributed by atoms with Crippen molar-refractivity contribution in [2.45, 2.75) is 69.8 Å². The van der Waals surface area contributed by atoms with Crippen molar-refractivity contribution in [1.82, 2.24) is 25.9 Å². The molecule has 2 saturated heterocycles. The molecule has 1 aromatic heterocycles. The van der Waals surface area contributed by atoms with E-state index in [1.54, 1.807) is 9.80 Å². The maximum Gasteiger partial charge on any atom is 0.451 e. The lowest BCUT2D eigenvalue weighted by Gasteiger charge is -2.34. The fourth-order valence-corrected chi connectivity index (χ4v) is 5.97. The van der Waals surface area contributed by atoms with Crippen LogP contribution in [0.5, 0.6) is 0 Å². The van der Waals surface area contributed by atoms with Gasteiger partial charge in [-0.15, -0.1) is 0 Å². The van der Waals surface area contributed by atoms with Crippen molar-refractivity contribution in [2.75, 3.05) is 49.1 Å². The van der Waals surface area contributed by atoms with Gasteiger partial charge in [-0.3, -0.25) is 15.0 Å². The van der Waals surface area contributed by atoms with Crippen LogP contribution in [0.2, 0.25) is 0 Å². The Labute approximate surface area is 274 Å². The monoisotopic (exact) mass is 685 g/mol. The summed E-state index contributed by atoms with van der Waals surface area (Å²) in [5.74, 6) is -1.48. The molecular formula is C31H41F6N9O2. The van der Waals surface area contributed by atoms with Crippen LogP contribution in [-0.4, -0.2) is 73.1 Å². The Morgan fingerprint density at radius 2 is 1.54 bits per heavy atom. The zero-order chi connectivity index (χ0) is 34.9. The van der Waals surface area contributed by atoms with Crippen molar-refractivity contribution in [3.63, 3.8) is 0 Å². The molecule has 264 valence electrons. The number of anilines is 2. The van der Waals surface area contributed by atoms with E-state index in [9.17, 15) is 35.9 Å². The Morgan fingerprint density at radius 3 is 2.19 bits per heavy atom. The van der Waals surface area contributed by atoms with E-state index in [2.05, 4.69) is 25.9 Å². The molecule has 0 saturated carbocycles. The van der Waals surface area contributed by atoms with Crippen molar-refractivity contribution < 1.29 is 35.9 Å². The lowest BCUT2D eigenvalue weighted by atomic mass is 9.91. The van der Waals surface area contributed by atoms with Crippen molar-refractivity contribution in [3.8, 4) is 0 Å². The van der Waals surface area contributed by atoms with Gasteiger partial charge < -0.3 is 31.5 Å². The second-order valence-corrected chi connectivity index (χ2v) is 12.0. The number of rotatable bonds is 13. The quantitative estimate of drug-likeness (QED) is 0.0924. The number of nitrogens with one attached hydrogen (secondary N) is 4. The second-order valence-electron chi connectivity index (χ2n) is 12.0. The van der Waals surface area contributed by atoms with Gasteiger partial charge >= 0.3 is 12.4 Å². The molecule has 2 aliphatic heterocycles. The molecule has 17 heteroatoms. The summed E-state index contributed by atoms with van der Waals surface area (Å²) in [6, 6.07) is 5.39. The number of carbonyl (C=O) groups is 2. The van der Waals surface area contributed by atoms with Gasteiger partial charge in [0.05, 0.1) is 5.56 Å². The van der Waals surface area contributed by atoms with Crippen LogP contribution in [0.15, 0.2) is 30.3 Å². The van der Waals surface area contributed by atoms with Gasteiger partial charge in [0.15, 0.2) is 5.96 Å². The molecule has 3 heterocycles. The SMILES string of the molecule is N=C(N)NCCNC(=O)CCCC1CCN(c2cc(N3CCC[C@H]3C(=O)NCCc3ccc(C(F)(F)F)cc3)nc(C(F)(F)F)n2)CC1. The highest BCUT2D eigenvalue weighted by molar-refractivity contribution is 5.85. The summed E-state index contributed by atoms with van der Waals surface area (Å²) < 4.78 is 80.2. The largest absolute Gasteiger partial charge is 0.451 e. The third kappa shape index (κ3) is 10.6. The van der Waals surface area contributed by atoms with Crippen LogP contribution >= 0.6 is 0 Å². The van der Waals surface area contributed by atoms with Gasteiger partial charge in [0.2, 0.25) is 17.6 Å². The molecule has 11 nitrogen and oxygen atoms in total. The highest BCUT2D eigenvalue weighted by Gasteiger charge is 2.39. The Hall–Kier alpha value is -4.31. The number of hydrogen-bond acceptors (Lipinski definition) is 7. The van der Waals surface area contributed by atoms with Gasteiger partial charge in [-0.2, -0.15) is 26.3 Å². The van der Waals surface area contributed by atoms with Crippen LogP contribution in [0, 0.1) is 11.3 Å². The zero-order valence-electron chi connectivity index (χ0n) is 26.4. The normalized spacial score (nSPS) is 17.3. The first-order valence-corrected chi connectivity index (χ1v) is 16.0. The van der Waals surface area contributed by atoms with Gasteiger partial charge in [-0.1, -0.05) is 12.1 Å². The molecule has 4 rings (SSSR count). The number of benzene rings is 1. The van der Waals surface area contributed by atoms with Crippen LogP contribution in [0.25, 0.3) is 0 Å². The number of carbonyl (C=O) groups excluding carboxylic acids is 2. The standard InChI is InChI=1S/C31H41F6N9O2/c32-30(33,34)22-8-6-21(7-9-22)10-13-41-27(48)23-4-2-16-46(23)25-19-24(43-28(44-25)31(35,36)37)45-17-11-20(12-18-45)3-1-5-26(47)40-14-15-42-29(38)39/h6-9,19-20,23H,1-5,10-18H2,(H,40,47)(H,41,48)(H4,38,39,42)/t23-/m0/s1. The average molecular weight is 686 g/mol. The van der Waals surface area contributed by atoms with Crippen molar-refractivity contribution in [1.29, 1.82) is 5.41 Å². The van der Waals surface area contributed by atoms with Gasteiger partial charge in [0.1, 0.15) is 17.7 Å². The van der Waals surface area contributed by atoms with E-state index < -0.39 is 35.7 Å².